The van der Waals surface area contributed by atoms with Gasteiger partial charge in [-0.1, -0.05) is 0 Å². The summed E-state index contributed by atoms with van der Waals surface area (Å²) in [4.78, 5) is 18.1. The molecule has 0 amide bonds. The van der Waals surface area contributed by atoms with Crippen LogP contribution in [0, 0.1) is 0 Å². The van der Waals surface area contributed by atoms with Gasteiger partial charge in [0.15, 0.2) is 0 Å². The number of rotatable bonds is 5. The van der Waals surface area contributed by atoms with Crippen molar-refractivity contribution in [1.29, 1.82) is 0 Å². The fourth-order valence-corrected chi connectivity index (χ4v) is 0.713. The summed E-state index contributed by atoms with van der Waals surface area (Å²) in [7, 11) is 2.98. The van der Waals surface area contributed by atoms with Crippen molar-refractivity contribution in [3.63, 3.8) is 0 Å². The maximum absolute atomic E-state index is 10.5. The Bertz CT molecular complexity index is 280. The highest BCUT2D eigenvalue weighted by Gasteiger charge is 2.03. The molecule has 0 fully saturated rings. The molecule has 0 rings (SSSR count). The SMILES string of the molecule is CN=C(/C=C(/C)N=CCOC)C(=O)O. The van der Waals surface area contributed by atoms with Gasteiger partial charge in [0.25, 0.3) is 0 Å². The Balaban J connectivity index is 4.42. The highest BCUT2D eigenvalue weighted by atomic mass is 16.5. The van der Waals surface area contributed by atoms with Gasteiger partial charge in [0.05, 0.1) is 6.61 Å². The summed E-state index contributed by atoms with van der Waals surface area (Å²) in [5.74, 6) is -1.06. The summed E-state index contributed by atoms with van der Waals surface area (Å²) in [6, 6.07) is 0. The molecule has 0 spiro atoms. The Hall–Kier alpha value is -1.49. The Morgan fingerprint density at radius 2 is 2.21 bits per heavy atom. The van der Waals surface area contributed by atoms with Gasteiger partial charge < -0.3 is 9.84 Å². The van der Waals surface area contributed by atoms with Crippen LogP contribution in [0.4, 0.5) is 0 Å². The number of hydrogen-bond donors (Lipinski definition) is 1. The zero-order valence-electron chi connectivity index (χ0n) is 8.52. The van der Waals surface area contributed by atoms with E-state index in [0.29, 0.717) is 12.3 Å². The van der Waals surface area contributed by atoms with Crippen LogP contribution in [0.1, 0.15) is 6.92 Å². The number of ether oxygens (including phenoxy) is 1. The second kappa shape index (κ2) is 6.97. The maximum atomic E-state index is 10.5. The molecule has 0 aromatic rings. The molecule has 1 N–H and O–H groups in total. The first kappa shape index (κ1) is 12.5. The summed E-state index contributed by atoms with van der Waals surface area (Å²) in [5.41, 5.74) is 0.558. The maximum Gasteiger partial charge on any atom is 0.354 e. The Kier molecular flexibility index (Phi) is 6.22. The molecule has 0 atom stereocenters. The summed E-state index contributed by atoms with van der Waals surface area (Å²) in [6.07, 6.45) is 2.95. The van der Waals surface area contributed by atoms with Gasteiger partial charge in [-0.05, 0) is 13.0 Å². The van der Waals surface area contributed by atoms with Crippen molar-refractivity contribution in [2.24, 2.45) is 9.98 Å². The average molecular weight is 198 g/mol. The van der Waals surface area contributed by atoms with Gasteiger partial charge in [0.1, 0.15) is 5.71 Å². The zero-order valence-corrected chi connectivity index (χ0v) is 8.52. The molecule has 0 unspecified atom stereocenters. The van der Waals surface area contributed by atoms with Crippen LogP contribution in [0.5, 0.6) is 0 Å². The van der Waals surface area contributed by atoms with E-state index in [1.165, 1.54) is 13.1 Å². The van der Waals surface area contributed by atoms with Crippen LogP contribution in [-0.4, -0.2) is 43.8 Å². The predicted octanol–water partition coefficient (Wildman–Crippen LogP) is 0.763. The molecule has 0 aromatic heterocycles. The molecule has 14 heavy (non-hydrogen) atoms. The molecule has 0 aliphatic carbocycles. The van der Waals surface area contributed by atoms with Crippen molar-refractivity contribution in [1.82, 2.24) is 0 Å². The third-order valence-electron chi connectivity index (χ3n) is 1.34. The van der Waals surface area contributed by atoms with E-state index < -0.39 is 5.97 Å². The lowest BCUT2D eigenvalue weighted by Crippen LogP contribution is -2.10. The molecule has 0 radical (unpaired) electrons. The predicted molar refractivity (Wildman–Crippen MR) is 55.1 cm³/mol. The van der Waals surface area contributed by atoms with Gasteiger partial charge in [-0.15, -0.1) is 0 Å². The molecule has 0 aliphatic rings. The molecule has 0 aliphatic heterocycles. The Morgan fingerprint density at radius 3 is 2.64 bits per heavy atom. The van der Waals surface area contributed by atoms with Crippen LogP contribution in [0.25, 0.3) is 0 Å². The van der Waals surface area contributed by atoms with Gasteiger partial charge >= 0.3 is 5.97 Å². The third kappa shape index (κ3) is 5.21. The van der Waals surface area contributed by atoms with Crippen LogP contribution in [0.2, 0.25) is 0 Å². The third-order valence-corrected chi connectivity index (χ3v) is 1.34. The number of carboxylic acids is 1. The van der Waals surface area contributed by atoms with E-state index >= 15 is 0 Å². The van der Waals surface area contributed by atoms with Crippen molar-refractivity contribution in [3.05, 3.63) is 11.8 Å². The lowest BCUT2D eigenvalue weighted by Gasteiger charge is -1.94. The average Bonchev–Trinajstić information content (AvgIpc) is 2.14. The highest BCUT2D eigenvalue weighted by Crippen LogP contribution is 1.95. The van der Waals surface area contributed by atoms with E-state index in [9.17, 15) is 4.79 Å². The smallest absolute Gasteiger partial charge is 0.354 e. The zero-order chi connectivity index (χ0) is 11.0. The van der Waals surface area contributed by atoms with E-state index in [2.05, 4.69) is 9.98 Å². The van der Waals surface area contributed by atoms with Gasteiger partial charge in [-0.2, -0.15) is 0 Å². The van der Waals surface area contributed by atoms with Crippen molar-refractivity contribution in [2.45, 2.75) is 6.92 Å². The van der Waals surface area contributed by atoms with Crippen molar-refractivity contribution in [3.8, 4) is 0 Å². The lowest BCUT2D eigenvalue weighted by atomic mass is 10.3. The van der Waals surface area contributed by atoms with E-state index in [0.717, 1.165) is 0 Å². The van der Waals surface area contributed by atoms with Gasteiger partial charge in [-0.3, -0.25) is 9.98 Å². The number of methoxy groups -OCH3 is 1. The Labute approximate surface area is 82.8 Å². The molecule has 5 heteroatoms. The van der Waals surface area contributed by atoms with Gasteiger partial charge in [0, 0.05) is 26.1 Å². The van der Waals surface area contributed by atoms with Crippen LogP contribution in [0.3, 0.4) is 0 Å². The summed E-state index contributed by atoms with van der Waals surface area (Å²) < 4.78 is 4.75. The largest absolute Gasteiger partial charge is 0.477 e. The minimum atomic E-state index is -1.06. The van der Waals surface area contributed by atoms with E-state index in [1.54, 1.807) is 20.2 Å². The standard InChI is InChI=1S/C9H14N2O3/c1-7(11-4-5-14-3)6-8(10-2)9(12)13/h4,6H,5H2,1-3H3,(H,12,13)/b7-6-,10-8?,11-4?. The number of nitrogens with zero attached hydrogens (tertiary/aromatic N) is 2. The number of allylic oxidation sites excluding steroid dienone is 1. The summed E-state index contributed by atoms with van der Waals surface area (Å²) in [5, 5.41) is 8.64. The molecule has 5 nitrogen and oxygen atoms in total. The quantitative estimate of drug-likeness (QED) is 0.663. The van der Waals surface area contributed by atoms with Crippen molar-refractivity contribution < 1.29 is 14.6 Å². The number of aliphatic imine (C=N–C) groups is 2. The van der Waals surface area contributed by atoms with Gasteiger partial charge in [0.2, 0.25) is 0 Å². The van der Waals surface area contributed by atoms with Crippen LogP contribution in [-0.2, 0) is 9.53 Å². The molecule has 0 bridgehead atoms. The fraction of sp³-hybridized carbons (Fsp3) is 0.444. The van der Waals surface area contributed by atoms with Gasteiger partial charge in [-0.25, -0.2) is 4.79 Å². The minimum Gasteiger partial charge on any atom is -0.477 e. The fourth-order valence-electron chi connectivity index (χ4n) is 0.713. The number of aliphatic carboxylic acids is 1. The molecule has 0 saturated heterocycles. The minimum absolute atomic E-state index is 0.0166. The first-order valence-electron chi connectivity index (χ1n) is 4.01. The van der Waals surface area contributed by atoms with E-state index in [1.807, 2.05) is 0 Å². The summed E-state index contributed by atoms with van der Waals surface area (Å²) >= 11 is 0. The van der Waals surface area contributed by atoms with Crippen LogP contribution in [0.15, 0.2) is 21.8 Å². The topological polar surface area (TPSA) is 71.2 Å². The van der Waals surface area contributed by atoms with Crippen molar-refractivity contribution in [2.75, 3.05) is 20.8 Å². The van der Waals surface area contributed by atoms with E-state index in [4.69, 9.17) is 9.84 Å². The first-order chi connectivity index (χ1) is 6.61. The van der Waals surface area contributed by atoms with E-state index in [-0.39, 0.29) is 5.71 Å². The normalized spacial score (nSPS) is 13.6. The molecule has 0 heterocycles. The van der Waals surface area contributed by atoms with Crippen LogP contribution >= 0.6 is 0 Å². The van der Waals surface area contributed by atoms with Crippen LogP contribution < -0.4 is 0 Å². The second-order valence-electron chi connectivity index (χ2n) is 2.47. The first-order valence-corrected chi connectivity index (χ1v) is 4.01. The molecular formula is C9H14N2O3. The highest BCUT2D eigenvalue weighted by molar-refractivity contribution is 6.40. The summed E-state index contributed by atoms with van der Waals surface area (Å²) in [6.45, 7) is 2.09. The number of hydrogen-bond acceptors (Lipinski definition) is 4. The monoisotopic (exact) mass is 198 g/mol. The number of carboxylic acid groups (broad SMARTS) is 1. The molecule has 78 valence electrons. The molecule has 0 saturated carbocycles. The molecular weight excluding hydrogens is 184 g/mol. The number of carbonyl (C=O) groups is 1. The second-order valence-corrected chi connectivity index (χ2v) is 2.47. The van der Waals surface area contributed by atoms with Crippen molar-refractivity contribution >= 4 is 17.9 Å². The Morgan fingerprint density at radius 1 is 1.57 bits per heavy atom. The molecule has 0 aromatic carbocycles. The lowest BCUT2D eigenvalue weighted by molar-refractivity contribution is -0.129.